The molecular weight excluding hydrogens is 1360 g/mol. The van der Waals surface area contributed by atoms with Gasteiger partial charge in [-0.1, -0.05) is 5.11 Å². The zero-order valence-electron chi connectivity index (χ0n) is 20.0. The Hall–Kier alpha value is 3.92. The van der Waals surface area contributed by atoms with Crippen LogP contribution in [-0.2, 0) is 28.4 Å². The molecule has 15 nitrogen and oxygen atoms in total. The fourth-order valence-electron chi connectivity index (χ4n) is 3.76. The van der Waals surface area contributed by atoms with Crippen LogP contribution < -0.4 is 5.54 Å². The molecule has 0 aromatic rings. The average Bonchev–Trinajstić information content (AvgIpc) is 3.20. The number of azide groups is 1. The Bertz CT molecular complexity index is 749. The Labute approximate surface area is 355 Å². The third kappa shape index (κ3) is 10.8. The summed E-state index contributed by atoms with van der Waals surface area (Å²) in [6, 6.07) is -2.16. The summed E-state index contributed by atoms with van der Waals surface area (Å²) >= 11 is 0. The summed E-state index contributed by atoms with van der Waals surface area (Å²) in [7, 11) is 0. The molecule has 3 fully saturated rings. The van der Waals surface area contributed by atoms with Crippen LogP contribution in [0.4, 0.5) is 9.28 Å². The first-order valence-electron chi connectivity index (χ1n) is 10.2. The summed E-state index contributed by atoms with van der Waals surface area (Å²) in [5, 5.41) is 44.1. The number of hydrogen-bond acceptors (Lipinski definition) is 13. The third-order valence-corrected chi connectivity index (χ3v) is 5.78. The van der Waals surface area contributed by atoms with Crippen LogP contribution in [0.25, 0.3) is 10.4 Å². The average molecular weight is 1390 g/mol. The molecule has 37 heavy (non-hydrogen) atoms. The fraction of sp³-hybridized carbons (Fsp3) is 0.941. The Morgan fingerprint density at radius 1 is 1.03 bits per heavy atom. The number of hydrogen-bond donors (Lipinski definition) is 5. The molecule has 0 saturated carbocycles. The number of nitrogens with one attached hydrogen (secondary N) is 1. The quantitative estimate of drug-likeness (QED) is 0.0580. The maximum atomic E-state index is 12.8. The predicted molar refractivity (Wildman–Crippen MR) is 101 cm³/mol. The minimum atomic E-state index is -1.60. The van der Waals surface area contributed by atoms with Gasteiger partial charge in [0.1, 0.15) is 36.6 Å². The summed E-state index contributed by atoms with van der Waals surface area (Å²) in [5.74, 6) is 0. The Balaban J connectivity index is 0. The number of aliphatic hydroxyl groups is 4. The smallest absolute Gasteiger partial charge is 0.424 e. The van der Waals surface area contributed by atoms with Gasteiger partial charge in [0.15, 0.2) is 24.8 Å². The third-order valence-electron chi connectivity index (χ3n) is 5.78. The van der Waals surface area contributed by atoms with Gasteiger partial charge in [-0.25, -0.2) is 4.79 Å². The van der Waals surface area contributed by atoms with Crippen LogP contribution >= 0.6 is 0 Å². The van der Waals surface area contributed by atoms with Crippen LogP contribution in [-0.4, -0.2) is 113 Å². The van der Waals surface area contributed by atoms with Crippen LogP contribution in [0, 0.1) is 176 Å². The van der Waals surface area contributed by atoms with E-state index >= 15 is 0 Å². The van der Waals surface area contributed by atoms with Crippen molar-refractivity contribution in [3.8, 4) is 0 Å². The molecule has 4 radical (unpaired) electrons. The van der Waals surface area contributed by atoms with E-state index in [0.717, 1.165) is 0 Å². The summed E-state index contributed by atoms with van der Waals surface area (Å²) in [4.78, 5) is 14.2. The molecule has 0 aromatic heterocycles. The maximum absolute atomic E-state index is 12.8. The zero-order valence-corrected chi connectivity index (χ0v) is 39.0. The molecule has 5 N–H and O–H groups in total. The second-order valence-electron chi connectivity index (χ2n) is 7.88. The van der Waals surface area contributed by atoms with Gasteiger partial charge in [0.25, 0.3) is 0 Å². The van der Waals surface area contributed by atoms with Crippen molar-refractivity contribution >= 4 is 6.16 Å². The number of carbonyl (C=O) groups excluding carboxylic acids is 1. The molecule has 0 spiro atoms. The molecule has 0 aromatic carbocycles. The number of rotatable bonds is 9. The molecule has 6 unspecified atom stereocenters. The van der Waals surface area contributed by atoms with Crippen LogP contribution in [0.5, 0.6) is 0 Å². The SMILES string of the molecule is C[C@@H](NF)[C@@H](C)O[C@@H]1OC(CO)C(O)[C@H](O[C@@H]2OC(CO)C3OC(=O)O[C@@H]3C2O)C1N=[N+]=[N-].[Ac].[Ac].[Ac].[Ac]. The van der Waals surface area contributed by atoms with E-state index in [9.17, 15) is 29.7 Å². The van der Waals surface area contributed by atoms with Crippen molar-refractivity contribution in [2.24, 2.45) is 5.11 Å². The minimum absolute atomic E-state index is 0. The monoisotopic (exact) mass is 1390 g/mol. The van der Waals surface area contributed by atoms with Gasteiger partial charge in [-0.2, -0.15) is 5.54 Å². The normalized spacial score (nSPS) is 37.9. The molecule has 3 rings (SSSR count). The van der Waals surface area contributed by atoms with Gasteiger partial charge in [0.05, 0.1) is 25.4 Å². The van der Waals surface area contributed by atoms with Crippen LogP contribution in [0.15, 0.2) is 5.11 Å². The molecule has 3 heterocycles. The number of halogens is 1. The number of nitrogens with zero attached hydrogens (tertiary/aromatic N) is 3. The van der Waals surface area contributed by atoms with Crippen molar-refractivity contribution in [1.29, 1.82) is 0 Å². The van der Waals surface area contributed by atoms with Gasteiger partial charge >= 0.3 is 6.16 Å². The van der Waals surface area contributed by atoms with E-state index in [-0.39, 0.29) is 176 Å². The number of carbonyl (C=O) groups is 1. The minimum Gasteiger partial charge on any atom is -0.424 e. The Kier molecular flexibility index (Phi) is 24.2. The second kappa shape index (κ2) is 20.8. The predicted octanol–water partition coefficient (Wildman–Crippen LogP) is -1.62. The molecule has 12 atom stereocenters. The van der Waals surface area contributed by atoms with Crippen LogP contribution in [0.2, 0.25) is 0 Å². The van der Waals surface area contributed by atoms with E-state index < -0.39 is 92.9 Å². The molecule has 0 aliphatic carbocycles. The molecule has 3 aliphatic rings. The molecular formula is C17H27Ac4FN4O11. The fourth-order valence-corrected chi connectivity index (χ4v) is 3.76. The van der Waals surface area contributed by atoms with Gasteiger partial charge in [0, 0.05) is 181 Å². The van der Waals surface area contributed by atoms with E-state index in [2.05, 4.69) is 10.0 Å². The van der Waals surface area contributed by atoms with Crippen LogP contribution in [0.1, 0.15) is 13.8 Å². The molecule has 0 amide bonds. The first-order chi connectivity index (χ1) is 15.7. The van der Waals surface area contributed by atoms with Gasteiger partial charge in [-0.05, 0) is 19.4 Å². The summed E-state index contributed by atoms with van der Waals surface area (Å²) in [6.45, 7) is 1.69. The van der Waals surface area contributed by atoms with E-state index in [0.29, 0.717) is 0 Å². The number of fused-ring (bicyclic) bond motifs is 1. The zero-order chi connectivity index (χ0) is 24.3. The molecule has 20 heteroatoms. The summed E-state index contributed by atoms with van der Waals surface area (Å²) in [5.41, 5.74) is 10.6. The topological polar surface area (TPSA) is 214 Å². The molecule has 200 valence electrons. The Morgan fingerprint density at radius 3 is 2.14 bits per heavy atom. The van der Waals surface area contributed by atoms with E-state index in [1.807, 2.05) is 0 Å². The maximum Gasteiger partial charge on any atom is 0.509 e. The van der Waals surface area contributed by atoms with E-state index in [1.165, 1.54) is 19.4 Å². The molecule has 3 saturated heterocycles. The van der Waals surface area contributed by atoms with Gasteiger partial charge < -0.3 is 48.8 Å². The van der Waals surface area contributed by atoms with Gasteiger partial charge in [0.2, 0.25) is 0 Å². The van der Waals surface area contributed by atoms with Crippen molar-refractivity contribution in [1.82, 2.24) is 5.54 Å². The first kappa shape index (κ1) is 43.0. The van der Waals surface area contributed by atoms with E-state index in [1.54, 1.807) is 0 Å². The van der Waals surface area contributed by atoms with Crippen molar-refractivity contribution in [2.45, 2.75) is 87.3 Å². The van der Waals surface area contributed by atoms with Crippen LogP contribution in [0.3, 0.4) is 0 Å². The van der Waals surface area contributed by atoms with Gasteiger partial charge in [-0.15, -0.1) is 4.48 Å². The van der Waals surface area contributed by atoms with Gasteiger partial charge in [-0.3, -0.25) is 0 Å². The second-order valence-corrected chi connectivity index (χ2v) is 7.88. The van der Waals surface area contributed by atoms with Crippen molar-refractivity contribution in [2.75, 3.05) is 13.2 Å². The molecule has 3 aliphatic heterocycles. The summed E-state index contributed by atoms with van der Waals surface area (Å²) in [6.07, 6.45) is -14.2. The summed E-state index contributed by atoms with van der Waals surface area (Å²) < 4.78 is 45.0. The number of aliphatic hydroxyl groups excluding tert-OH is 4. The number of ether oxygens (including phenoxy) is 6. The van der Waals surface area contributed by atoms with E-state index in [4.69, 9.17) is 34.0 Å². The first-order valence-corrected chi connectivity index (χ1v) is 10.2. The molecule has 0 bridgehead atoms. The Morgan fingerprint density at radius 2 is 1.59 bits per heavy atom. The van der Waals surface area contributed by atoms with Crippen molar-refractivity contribution in [3.05, 3.63) is 10.4 Å². The van der Waals surface area contributed by atoms with Crippen molar-refractivity contribution in [3.63, 3.8) is 0 Å². The largest absolute Gasteiger partial charge is 0.509 e. The standard InChI is InChI=1S/C17H27FN4O11.4Ac/c1-5(20-18)6(2)28-15-9(21-22-19)13(10(25)7(3-23)29-15)31-16-11(26)14-12(8(4-24)30-16)32-17(27)33-14;;;;/h5-16,20,23-26H,3-4H2,1-2H3;;;;/t5-,6-,7?,8?,9?,10?,11?,12?,13-,14-,15-,16+;;;;/m1..../s1. The van der Waals surface area contributed by atoms with Crippen molar-refractivity contribution < 1.29 is 234 Å².